The van der Waals surface area contributed by atoms with E-state index in [1.54, 1.807) is 11.8 Å². The molecule has 0 aliphatic rings. The molecule has 0 saturated carbocycles. The second-order valence-corrected chi connectivity index (χ2v) is 8.18. The first-order chi connectivity index (χ1) is 15.2. The van der Waals surface area contributed by atoms with Crippen LogP contribution in [0.2, 0.25) is 0 Å². The number of ether oxygens (including phenoxy) is 1. The van der Waals surface area contributed by atoms with Crippen molar-refractivity contribution in [3.8, 4) is 16.9 Å². The molecule has 4 aromatic carbocycles. The number of rotatable bonds is 8. The third-order valence-electron chi connectivity index (χ3n) is 4.86. The van der Waals surface area contributed by atoms with Crippen LogP contribution in [0.5, 0.6) is 5.75 Å². The quantitative estimate of drug-likeness (QED) is 0.346. The molecule has 0 aromatic heterocycles. The summed E-state index contributed by atoms with van der Waals surface area (Å²) in [5.74, 6) is -0.438. The molecular weight excluding hydrogens is 404 g/mol. The van der Waals surface area contributed by atoms with Gasteiger partial charge in [-0.2, -0.15) is 0 Å². The molecule has 0 unspecified atom stereocenters. The van der Waals surface area contributed by atoms with Crippen molar-refractivity contribution >= 4 is 17.7 Å². The molecular formula is C27H22O3S. The minimum absolute atomic E-state index is 0.284. The lowest BCUT2D eigenvalue weighted by atomic mass is 10.1. The van der Waals surface area contributed by atoms with E-state index in [-0.39, 0.29) is 6.42 Å². The van der Waals surface area contributed by atoms with Gasteiger partial charge in [0, 0.05) is 16.2 Å². The second kappa shape index (κ2) is 10.0. The Hall–Kier alpha value is -3.50. The van der Waals surface area contributed by atoms with Crippen LogP contribution in [0.15, 0.2) is 119 Å². The van der Waals surface area contributed by atoms with Crippen LogP contribution in [0, 0.1) is 0 Å². The third kappa shape index (κ3) is 5.56. The van der Waals surface area contributed by atoms with Gasteiger partial charge in [-0.15, -0.1) is 0 Å². The summed E-state index contributed by atoms with van der Waals surface area (Å²) >= 11 is 1.63. The zero-order chi connectivity index (χ0) is 21.5. The number of hydrogen-bond donors (Lipinski definition) is 1. The van der Waals surface area contributed by atoms with Crippen molar-refractivity contribution < 1.29 is 14.6 Å². The van der Waals surface area contributed by atoms with Crippen molar-refractivity contribution in [2.75, 3.05) is 0 Å². The van der Waals surface area contributed by atoms with E-state index in [1.165, 1.54) is 0 Å². The molecule has 0 aliphatic heterocycles. The van der Waals surface area contributed by atoms with E-state index in [4.69, 9.17) is 4.74 Å². The summed E-state index contributed by atoms with van der Waals surface area (Å²) in [4.78, 5) is 14.1. The highest BCUT2D eigenvalue weighted by atomic mass is 32.2. The van der Waals surface area contributed by atoms with Gasteiger partial charge in [-0.25, -0.2) is 4.79 Å². The molecule has 0 amide bonds. The van der Waals surface area contributed by atoms with Crippen molar-refractivity contribution in [1.29, 1.82) is 0 Å². The predicted octanol–water partition coefficient (Wildman–Crippen LogP) is 6.58. The maximum Gasteiger partial charge on any atom is 0.345 e. The van der Waals surface area contributed by atoms with Gasteiger partial charge in [0.05, 0.1) is 0 Å². The normalized spacial score (nSPS) is 11.6. The number of hydrogen-bond acceptors (Lipinski definition) is 3. The van der Waals surface area contributed by atoms with E-state index in [0.717, 1.165) is 26.5 Å². The average Bonchev–Trinajstić information content (AvgIpc) is 2.81. The van der Waals surface area contributed by atoms with Gasteiger partial charge in [0.1, 0.15) is 5.75 Å². The molecule has 1 atom stereocenters. The Morgan fingerprint density at radius 3 is 2.00 bits per heavy atom. The van der Waals surface area contributed by atoms with Crippen LogP contribution >= 0.6 is 11.8 Å². The lowest BCUT2D eigenvalue weighted by molar-refractivity contribution is -0.145. The molecule has 4 rings (SSSR count). The van der Waals surface area contributed by atoms with Crippen molar-refractivity contribution in [2.45, 2.75) is 22.3 Å². The van der Waals surface area contributed by atoms with E-state index in [0.29, 0.717) is 5.75 Å². The fraction of sp³-hybridized carbons (Fsp3) is 0.0741. The van der Waals surface area contributed by atoms with Gasteiger partial charge >= 0.3 is 5.97 Å². The fourth-order valence-corrected chi connectivity index (χ4v) is 4.26. The van der Waals surface area contributed by atoms with E-state index in [9.17, 15) is 9.90 Å². The molecule has 0 heterocycles. The summed E-state index contributed by atoms with van der Waals surface area (Å²) in [7, 11) is 0. The van der Waals surface area contributed by atoms with Crippen molar-refractivity contribution in [3.05, 3.63) is 115 Å². The van der Waals surface area contributed by atoms with Crippen LogP contribution in [0.4, 0.5) is 0 Å². The first-order valence-corrected chi connectivity index (χ1v) is 10.9. The summed E-state index contributed by atoms with van der Waals surface area (Å²) in [5, 5.41) is 9.78. The Balaban J connectivity index is 1.50. The maximum absolute atomic E-state index is 11.9. The summed E-state index contributed by atoms with van der Waals surface area (Å²) < 4.78 is 5.87. The topological polar surface area (TPSA) is 46.5 Å². The SMILES string of the molecule is O=C(O)[C@H](Cc1ccccc1Sc1ccccc1)Oc1ccc(-c2ccccc2)cc1. The minimum atomic E-state index is -0.980. The van der Waals surface area contributed by atoms with Crippen molar-refractivity contribution in [1.82, 2.24) is 0 Å². The Morgan fingerprint density at radius 2 is 1.32 bits per heavy atom. The monoisotopic (exact) mass is 426 g/mol. The molecule has 0 aliphatic carbocycles. The largest absolute Gasteiger partial charge is 0.478 e. The van der Waals surface area contributed by atoms with E-state index < -0.39 is 12.1 Å². The zero-order valence-corrected chi connectivity index (χ0v) is 17.7. The van der Waals surface area contributed by atoms with Crippen molar-refractivity contribution in [2.24, 2.45) is 0 Å². The lowest BCUT2D eigenvalue weighted by Gasteiger charge is -2.17. The Kier molecular flexibility index (Phi) is 6.70. The van der Waals surface area contributed by atoms with Crippen molar-refractivity contribution in [3.63, 3.8) is 0 Å². The molecule has 3 nitrogen and oxygen atoms in total. The summed E-state index contributed by atoms with van der Waals surface area (Å²) in [5.41, 5.74) is 3.12. The van der Waals surface area contributed by atoms with E-state index in [1.807, 2.05) is 109 Å². The first-order valence-electron chi connectivity index (χ1n) is 10.0. The molecule has 154 valence electrons. The molecule has 4 heteroatoms. The van der Waals surface area contributed by atoms with Crippen LogP contribution in [-0.4, -0.2) is 17.2 Å². The summed E-state index contributed by atoms with van der Waals surface area (Å²) in [6.07, 6.45) is -0.689. The fourth-order valence-electron chi connectivity index (χ4n) is 3.29. The molecule has 4 aromatic rings. The van der Waals surface area contributed by atoms with Gasteiger partial charge < -0.3 is 9.84 Å². The van der Waals surface area contributed by atoms with E-state index >= 15 is 0 Å². The average molecular weight is 427 g/mol. The van der Waals surface area contributed by atoms with Crippen LogP contribution in [-0.2, 0) is 11.2 Å². The highest BCUT2D eigenvalue weighted by Gasteiger charge is 2.22. The standard InChI is InChI=1S/C27H22O3S/c28-27(29)25(30-23-17-15-21(16-18-23)20-9-3-1-4-10-20)19-22-11-7-8-14-26(22)31-24-12-5-2-6-13-24/h1-18,25H,19H2,(H,28,29)/t25-/m0/s1. The summed E-state index contributed by atoms with van der Waals surface area (Å²) in [6, 6.07) is 35.5. The molecule has 1 N–H and O–H groups in total. The second-order valence-electron chi connectivity index (χ2n) is 7.06. The number of carbonyl (C=O) groups is 1. The number of benzene rings is 4. The van der Waals surface area contributed by atoms with Gasteiger partial charge in [0.15, 0.2) is 6.10 Å². The Morgan fingerprint density at radius 1 is 0.742 bits per heavy atom. The molecule has 0 fully saturated rings. The first kappa shape index (κ1) is 20.8. The van der Waals surface area contributed by atoms with Gasteiger partial charge in [0.25, 0.3) is 0 Å². The van der Waals surface area contributed by atoms with Gasteiger partial charge in [-0.3, -0.25) is 0 Å². The lowest BCUT2D eigenvalue weighted by Crippen LogP contribution is -2.29. The molecule has 0 bridgehead atoms. The Bertz CT molecular complexity index is 1130. The van der Waals surface area contributed by atoms with Crippen LogP contribution < -0.4 is 4.74 Å². The maximum atomic E-state index is 11.9. The van der Waals surface area contributed by atoms with Gasteiger partial charge in [-0.05, 0) is 47.0 Å². The van der Waals surface area contributed by atoms with Crippen LogP contribution in [0.3, 0.4) is 0 Å². The molecule has 0 spiro atoms. The number of carboxylic acids is 1. The molecule has 0 saturated heterocycles. The molecule has 0 radical (unpaired) electrons. The van der Waals surface area contributed by atoms with Crippen LogP contribution in [0.25, 0.3) is 11.1 Å². The molecule has 31 heavy (non-hydrogen) atoms. The number of aliphatic carboxylic acids is 1. The minimum Gasteiger partial charge on any atom is -0.478 e. The predicted molar refractivity (Wildman–Crippen MR) is 125 cm³/mol. The number of carboxylic acid groups (broad SMARTS) is 1. The van der Waals surface area contributed by atoms with Gasteiger partial charge in [-0.1, -0.05) is 90.6 Å². The summed E-state index contributed by atoms with van der Waals surface area (Å²) in [6.45, 7) is 0. The van der Waals surface area contributed by atoms with E-state index in [2.05, 4.69) is 0 Å². The highest BCUT2D eigenvalue weighted by Crippen LogP contribution is 2.31. The zero-order valence-electron chi connectivity index (χ0n) is 16.8. The smallest absolute Gasteiger partial charge is 0.345 e. The van der Waals surface area contributed by atoms with Gasteiger partial charge in [0.2, 0.25) is 0 Å². The highest BCUT2D eigenvalue weighted by molar-refractivity contribution is 7.99. The third-order valence-corrected chi connectivity index (χ3v) is 5.99. The Labute approximate surface area is 186 Å². The van der Waals surface area contributed by atoms with Crippen LogP contribution in [0.1, 0.15) is 5.56 Å².